The Labute approximate surface area is 151 Å². The van der Waals surface area contributed by atoms with Crippen molar-refractivity contribution in [1.82, 2.24) is 15.1 Å². The Hall–Kier alpha value is -1.66. The van der Waals surface area contributed by atoms with Gasteiger partial charge in [-0.05, 0) is 31.6 Å². The predicted octanol–water partition coefficient (Wildman–Crippen LogP) is 2.13. The highest BCUT2D eigenvalue weighted by Crippen LogP contribution is 2.17. The Bertz CT molecular complexity index is 608. The van der Waals surface area contributed by atoms with Crippen molar-refractivity contribution in [2.45, 2.75) is 19.9 Å². The molecule has 1 N–H and O–H groups in total. The summed E-state index contributed by atoms with van der Waals surface area (Å²) in [6.45, 7) is 7.04. The highest BCUT2D eigenvalue weighted by Gasteiger charge is 2.21. The number of carbonyl (C=O) groups excluding carboxylic acids is 2. The molecule has 0 aliphatic carbocycles. The molecule has 0 unspecified atom stereocenters. The van der Waals surface area contributed by atoms with Crippen molar-refractivity contribution < 1.29 is 9.59 Å². The summed E-state index contributed by atoms with van der Waals surface area (Å²) in [4.78, 5) is 28.0. The normalized spacial score (nSPS) is 15.9. The van der Waals surface area contributed by atoms with Crippen LogP contribution in [0.2, 0.25) is 0 Å². The van der Waals surface area contributed by atoms with Crippen LogP contribution in [0.1, 0.15) is 19.4 Å². The third-order valence-corrected chi connectivity index (χ3v) is 4.53. The van der Waals surface area contributed by atoms with Crippen LogP contribution in [0.3, 0.4) is 0 Å². The minimum atomic E-state index is 0.0111. The summed E-state index contributed by atoms with van der Waals surface area (Å²) in [5.41, 5.74) is 0.981. The number of hydrogen-bond acceptors (Lipinski definition) is 3. The van der Waals surface area contributed by atoms with Gasteiger partial charge in [0.2, 0.25) is 11.8 Å². The topological polar surface area (TPSA) is 52.7 Å². The smallest absolute Gasteiger partial charge is 0.246 e. The fourth-order valence-electron chi connectivity index (χ4n) is 2.57. The fourth-order valence-corrected chi connectivity index (χ4v) is 2.99. The Morgan fingerprint density at radius 3 is 2.50 bits per heavy atom. The summed E-state index contributed by atoms with van der Waals surface area (Å²) >= 11 is 3.47. The van der Waals surface area contributed by atoms with Crippen LogP contribution in [0.25, 0.3) is 6.08 Å². The zero-order valence-corrected chi connectivity index (χ0v) is 15.8. The molecule has 0 aromatic heterocycles. The minimum Gasteiger partial charge on any atom is -0.353 e. The van der Waals surface area contributed by atoms with E-state index in [-0.39, 0.29) is 17.9 Å². The van der Waals surface area contributed by atoms with E-state index in [0.29, 0.717) is 19.6 Å². The Morgan fingerprint density at radius 2 is 1.88 bits per heavy atom. The van der Waals surface area contributed by atoms with Gasteiger partial charge in [0, 0.05) is 42.8 Å². The van der Waals surface area contributed by atoms with Gasteiger partial charge in [0.15, 0.2) is 0 Å². The van der Waals surface area contributed by atoms with E-state index in [1.165, 1.54) is 0 Å². The van der Waals surface area contributed by atoms with Gasteiger partial charge in [0.05, 0.1) is 6.54 Å². The molecule has 1 aromatic carbocycles. The summed E-state index contributed by atoms with van der Waals surface area (Å²) in [6.07, 6.45) is 3.44. The molecule has 0 radical (unpaired) electrons. The van der Waals surface area contributed by atoms with Crippen molar-refractivity contribution in [3.63, 3.8) is 0 Å². The van der Waals surface area contributed by atoms with Gasteiger partial charge in [-0.2, -0.15) is 0 Å². The first-order valence-electron chi connectivity index (χ1n) is 8.19. The number of halogens is 1. The second kappa shape index (κ2) is 8.99. The zero-order valence-electron chi connectivity index (χ0n) is 14.2. The van der Waals surface area contributed by atoms with Gasteiger partial charge < -0.3 is 10.2 Å². The number of nitrogens with zero attached hydrogens (tertiary/aromatic N) is 2. The van der Waals surface area contributed by atoms with Crippen molar-refractivity contribution in [3.05, 3.63) is 40.4 Å². The molecule has 1 aromatic rings. The molecule has 6 heteroatoms. The molecule has 2 rings (SSSR count). The number of piperazine rings is 1. The highest BCUT2D eigenvalue weighted by atomic mass is 79.9. The van der Waals surface area contributed by atoms with Gasteiger partial charge in [0.25, 0.3) is 0 Å². The molecule has 24 heavy (non-hydrogen) atoms. The third kappa shape index (κ3) is 5.76. The number of amides is 2. The lowest BCUT2D eigenvalue weighted by molar-refractivity contribution is -0.128. The van der Waals surface area contributed by atoms with Crippen molar-refractivity contribution in [2.24, 2.45) is 0 Å². The van der Waals surface area contributed by atoms with Crippen molar-refractivity contribution in [2.75, 3.05) is 32.7 Å². The lowest BCUT2D eigenvalue weighted by atomic mass is 10.2. The number of carbonyl (C=O) groups is 2. The summed E-state index contributed by atoms with van der Waals surface area (Å²) < 4.78 is 0.968. The second-order valence-corrected chi connectivity index (χ2v) is 7.03. The summed E-state index contributed by atoms with van der Waals surface area (Å²) in [5, 5.41) is 2.89. The molecular weight excluding hydrogens is 370 g/mol. The first-order chi connectivity index (χ1) is 11.5. The average Bonchev–Trinajstić information content (AvgIpc) is 2.53. The van der Waals surface area contributed by atoms with Gasteiger partial charge in [0.1, 0.15) is 0 Å². The number of benzene rings is 1. The number of nitrogens with one attached hydrogen (secondary N) is 1. The average molecular weight is 394 g/mol. The Balaban J connectivity index is 1.80. The minimum absolute atomic E-state index is 0.0111. The van der Waals surface area contributed by atoms with E-state index in [0.717, 1.165) is 23.1 Å². The standard InChI is InChI=1S/C18H24BrN3O2/c1-14(2)20-17(23)13-21-9-11-22(12-10-21)18(24)8-7-15-5-3-4-6-16(15)19/h3-8,14H,9-13H2,1-2H3,(H,20,23)/b8-7+. The zero-order chi connectivity index (χ0) is 17.5. The maximum absolute atomic E-state index is 12.3. The van der Waals surface area contributed by atoms with E-state index in [4.69, 9.17) is 0 Å². The summed E-state index contributed by atoms with van der Waals surface area (Å²) in [5.74, 6) is 0.0515. The Kier molecular flexibility index (Phi) is 6.99. The van der Waals surface area contributed by atoms with Crippen LogP contribution in [-0.2, 0) is 9.59 Å². The molecule has 0 saturated carbocycles. The van der Waals surface area contributed by atoms with Crippen LogP contribution in [0.4, 0.5) is 0 Å². The van der Waals surface area contributed by atoms with Crippen LogP contribution < -0.4 is 5.32 Å². The highest BCUT2D eigenvalue weighted by molar-refractivity contribution is 9.10. The van der Waals surface area contributed by atoms with Crippen LogP contribution in [-0.4, -0.2) is 60.4 Å². The van der Waals surface area contributed by atoms with Gasteiger partial charge in [-0.25, -0.2) is 0 Å². The molecule has 130 valence electrons. The molecule has 0 bridgehead atoms. The quantitative estimate of drug-likeness (QED) is 0.779. The summed E-state index contributed by atoms with van der Waals surface area (Å²) in [7, 11) is 0. The van der Waals surface area contributed by atoms with Crippen LogP contribution in [0.5, 0.6) is 0 Å². The molecule has 1 fully saturated rings. The van der Waals surface area contributed by atoms with Crippen LogP contribution in [0, 0.1) is 0 Å². The Morgan fingerprint density at radius 1 is 1.21 bits per heavy atom. The van der Waals surface area contributed by atoms with E-state index < -0.39 is 0 Å². The first kappa shape index (κ1) is 18.7. The molecule has 1 aliphatic rings. The number of rotatable bonds is 5. The molecular formula is C18H24BrN3O2. The van der Waals surface area contributed by atoms with Crippen molar-refractivity contribution in [3.8, 4) is 0 Å². The molecule has 1 saturated heterocycles. The van der Waals surface area contributed by atoms with E-state index in [1.807, 2.05) is 49.1 Å². The predicted molar refractivity (Wildman–Crippen MR) is 99.5 cm³/mol. The largest absolute Gasteiger partial charge is 0.353 e. The van der Waals surface area contributed by atoms with E-state index in [1.54, 1.807) is 6.08 Å². The lowest BCUT2D eigenvalue weighted by Crippen LogP contribution is -2.51. The molecule has 1 aliphatic heterocycles. The van der Waals surface area contributed by atoms with E-state index >= 15 is 0 Å². The maximum Gasteiger partial charge on any atom is 0.246 e. The maximum atomic E-state index is 12.3. The number of hydrogen-bond donors (Lipinski definition) is 1. The van der Waals surface area contributed by atoms with Gasteiger partial charge in [-0.3, -0.25) is 14.5 Å². The SMILES string of the molecule is CC(C)NC(=O)CN1CCN(C(=O)/C=C/c2ccccc2Br)CC1. The molecule has 1 heterocycles. The van der Waals surface area contributed by atoms with Gasteiger partial charge in [-0.1, -0.05) is 34.1 Å². The monoisotopic (exact) mass is 393 g/mol. The molecule has 0 spiro atoms. The van der Waals surface area contributed by atoms with Crippen molar-refractivity contribution in [1.29, 1.82) is 0 Å². The fraction of sp³-hybridized carbons (Fsp3) is 0.444. The van der Waals surface area contributed by atoms with E-state index in [2.05, 4.69) is 26.1 Å². The van der Waals surface area contributed by atoms with Crippen LogP contribution >= 0.6 is 15.9 Å². The third-order valence-electron chi connectivity index (χ3n) is 3.81. The molecule has 2 amide bonds. The lowest BCUT2D eigenvalue weighted by Gasteiger charge is -2.33. The molecule has 5 nitrogen and oxygen atoms in total. The van der Waals surface area contributed by atoms with Crippen molar-refractivity contribution >= 4 is 33.8 Å². The van der Waals surface area contributed by atoms with E-state index in [9.17, 15) is 9.59 Å². The molecule has 0 atom stereocenters. The van der Waals surface area contributed by atoms with Gasteiger partial charge in [-0.15, -0.1) is 0 Å². The van der Waals surface area contributed by atoms with Crippen LogP contribution in [0.15, 0.2) is 34.8 Å². The summed E-state index contributed by atoms with van der Waals surface area (Å²) in [6, 6.07) is 7.95. The first-order valence-corrected chi connectivity index (χ1v) is 8.98. The van der Waals surface area contributed by atoms with Gasteiger partial charge >= 0.3 is 0 Å². The second-order valence-electron chi connectivity index (χ2n) is 6.18.